The molecule has 5 nitrogen and oxygen atoms in total. The van der Waals surface area contributed by atoms with Crippen LogP contribution in [0.2, 0.25) is 0 Å². The molecule has 2 rings (SSSR count). The van der Waals surface area contributed by atoms with Crippen molar-refractivity contribution in [3.63, 3.8) is 0 Å². The first-order chi connectivity index (χ1) is 9.11. The van der Waals surface area contributed by atoms with Crippen molar-refractivity contribution in [1.82, 2.24) is 10.2 Å². The number of hydrogen-bond acceptors (Lipinski definition) is 5. The van der Waals surface area contributed by atoms with Gasteiger partial charge in [-0.15, -0.1) is 23.1 Å². The van der Waals surface area contributed by atoms with Crippen molar-refractivity contribution >= 4 is 40.8 Å². The van der Waals surface area contributed by atoms with E-state index in [1.54, 1.807) is 11.3 Å². The zero-order chi connectivity index (χ0) is 13.8. The maximum absolute atomic E-state index is 12.1. The standard InChI is InChI=1S/C12H14N2O3S2/c1-2-8-12(17)13-9(15)6-14(8)10(16)7-19-11-4-3-5-18-11/h3-5,8H,2,6-7H2,1H3,(H,13,15,17). The molecule has 2 heterocycles. The van der Waals surface area contributed by atoms with Gasteiger partial charge >= 0.3 is 0 Å². The minimum atomic E-state index is -0.533. The molecule has 0 aromatic carbocycles. The predicted octanol–water partition coefficient (Wildman–Crippen LogP) is 1.10. The summed E-state index contributed by atoms with van der Waals surface area (Å²) < 4.78 is 1.05. The maximum atomic E-state index is 12.1. The van der Waals surface area contributed by atoms with E-state index >= 15 is 0 Å². The van der Waals surface area contributed by atoms with Crippen LogP contribution in [0.5, 0.6) is 0 Å². The molecule has 1 aromatic heterocycles. The molecule has 1 aromatic rings. The third-order valence-electron chi connectivity index (χ3n) is 2.80. The first-order valence-electron chi connectivity index (χ1n) is 5.91. The average molecular weight is 298 g/mol. The first kappa shape index (κ1) is 14.1. The molecule has 102 valence electrons. The molecule has 1 aliphatic heterocycles. The fourth-order valence-corrected chi connectivity index (χ4v) is 3.57. The summed E-state index contributed by atoms with van der Waals surface area (Å²) in [7, 11) is 0. The van der Waals surface area contributed by atoms with Crippen LogP contribution in [-0.4, -0.2) is 41.0 Å². The number of carbonyl (C=O) groups excluding carboxylic acids is 3. The smallest absolute Gasteiger partial charge is 0.249 e. The zero-order valence-electron chi connectivity index (χ0n) is 10.4. The number of thioether (sulfide) groups is 1. The Bertz CT molecular complexity index is 487. The molecule has 7 heteroatoms. The number of nitrogens with one attached hydrogen (secondary N) is 1. The van der Waals surface area contributed by atoms with Gasteiger partial charge in [-0.3, -0.25) is 19.7 Å². The van der Waals surface area contributed by atoms with Crippen molar-refractivity contribution in [2.24, 2.45) is 0 Å². The van der Waals surface area contributed by atoms with Crippen LogP contribution in [0, 0.1) is 0 Å². The van der Waals surface area contributed by atoms with E-state index in [0.717, 1.165) is 4.21 Å². The first-order valence-corrected chi connectivity index (χ1v) is 7.77. The minimum Gasteiger partial charge on any atom is -0.321 e. The quantitative estimate of drug-likeness (QED) is 0.668. The highest BCUT2D eigenvalue weighted by Crippen LogP contribution is 2.24. The van der Waals surface area contributed by atoms with Crippen LogP contribution in [-0.2, 0) is 14.4 Å². The van der Waals surface area contributed by atoms with E-state index in [2.05, 4.69) is 5.32 Å². The number of thiophene rings is 1. The van der Waals surface area contributed by atoms with Gasteiger partial charge in [0.2, 0.25) is 17.7 Å². The molecule has 1 N–H and O–H groups in total. The van der Waals surface area contributed by atoms with Gasteiger partial charge in [-0.2, -0.15) is 0 Å². The monoisotopic (exact) mass is 298 g/mol. The predicted molar refractivity (Wildman–Crippen MR) is 74.0 cm³/mol. The molecule has 1 unspecified atom stereocenters. The highest BCUT2D eigenvalue weighted by atomic mass is 32.2. The number of imide groups is 1. The van der Waals surface area contributed by atoms with E-state index in [1.165, 1.54) is 16.7 Å². The molecular weight excluding hydrogens is 284 g/mol. The highest BCUT2D eigenvalue weighted by molar-refractivity contribution is 8.01. The van der Waals surface area contributed by atoms with Crippen molar-refractivity contribution < 1.29 is 14.4 Å². The summed E-state index contributed by atoms with van der Waals surface area (Å²) in [6.07, 6.45) is 0.508. The number of nitrogens with zero attached hydrogens (tertiary/aromatic N) is 1. The van der Waals surface area contributed by atoms with E-state index in [4.69, 9.17) is 0 Å². The molecule has 0 aliphatic carbocycles. The van der Waals surface area contributed by atoms with Gasteiger partial charge in [-0.05, 0) is 17.9 Å². The molecule has 1 fully saturated rings. The Morgan fingerprint density at radius 3 is 3.00 bits per heavy atom. The van der Waals surface area contributed by atoms with Crippen LogP contribution in [0.3, 0.4) is 0 Å². The van der Waals surface area contributed by atoms with Crippen molar-refractivity contribution in [2.75, 3.05) is 12.3 Å². The summed E-state index contributed by atoms with van der Waals surface area (Å²) in [6.45, 7) is 1.79. The molecule has 1 atom stereocenters. The van der Waals surface area contributed by atoms with Gasteiger partial charge in [-0.25, -0.2) is 0 Å². The molecule has 0 saturated carbocycles. The van der Waals surface area contributed by atoms with E-state index < -0.39 is 11.9 Å². The van der Waals surface area contributed by atoms with Crippen molar-refractivity contribution in [3.05, 3.63) is 17.5 Å². The lowest BCUT2D eigenvalue weighted by atomic mass is 10.1. The summed E-state index contributed by atoms with van der Waals surface area (Å²) in [5.74, 6) is -0.719. The lowest BCUT2D eigenvalue weighted by Gasteiger charge is -2.33. The second-order valence-corrected chi connectivity index (χ2v) is 6.30. The van der Waals surface area contributed by atoms with Gasteiger partial charge in [0.05, 0.1) is 9.96 Å². The highest BCUT2D eigenvalue weighted by Gasteiger charge is 2.35. The van der Waals surface area contributed by atoms with Gasteiger partial charge in [-0.1, -0.05) is 13.0 Å². The summed E-state index contributed by atoms with van der Waals surface area (Å²) in [6, 6.07) is 3.33. The van der Waals surface area contributed by atoms with Gasteiger partial charge in [0, 0.05) is 0 Å². The van der Waals surface area contributed by atoms with Crippen LogP contribution >= 0.6 is 23.1 Å². The summed E-state index contributed by atoms with van der Waals surface area (Å²) in [5, 5.41) is 4.20. The Labute approximate surface area is 119 Å². The molecule has 0 bridgehead atoms. The Kier molecular flexibility index (Phi) is 4.60. The minimum absolute atomic E-state index is 0.0337. The molecule has 19 heavy (non-hydrogen) atoms. The lowest BCUT2D eigenvalue weighted by molar-refractivity contribution is -0.148. The van der Waals surface area contributed by atoms with Gasteiger partial charge in [0.15, 0.2) is 0 Å². The number of hydrogen-bond donors (Lipinski definition) is 1. The van der Waals surface area contributed by atoms with Crippen LogP contribution in [0.25, 0.3) is 0 Å². The lowest BCUT2D eigenvalue weighted by Crippen LogP contribution is -2.59. The molecule has 1 saturated heterocycles. The average Bonchev–Trinajstić information content (AvgIpc) is 2.88. The molecule has 1 aliphatic rings. The Balaban J connectivity index is 1.99. The number of carbonyl (C=O) groups is 3. The molecular formula is C12H14N2O3S2. The SMILES string of the molecule is CCC1C(=O)NC(=O)CN1C(=O)CSc1cccs1. The Hall–Kier alpha value is -1.34. The number of rotatable bonds is 4. The fourth-order valence-electron chi connectivity index (χ4n) is 1.90. The van der Waals surface area contributed by atoms with Crippen LogP contribution in [0.1, 0.15) is 13.3 Å². The second kappa shape index (κ2) is 6.21. The topological polar surface area (TPSA) is 66.5 Å². The van der Waals surface area contributed by atoms with Gasteiger partial charge in [0.25, 0.3) is 0 Å². The van der Waals surface area contributed by atoms with Crippen molar-refractivity contribution in [2.45, 2.75) is 23.6 Å². The Morgan fingerprint density at radius 1 is 1.58 bits per heavy atom. The van der Waals surface area contributed by atoms with Crippen molar-refractivity contribution in [3.8, 4) is 0 Å². The molecule has 3 amide bonds. The van der Waals surface area contributed by atoms with Gasteiger partial charge in [0.1, 0.15) is 12.6 Å². The fraction of sp³-hybridized carbons (Fsp3) is 0.417. The summed E-state index contributed by atoms with van der Waals surface area (Å²) in [5.41, 5.74) is 0. The molecule has 0 spiro atoms. The third kappa shape index (κ3) is 3.36. The Morgan fingerprint density at radius 2 is 2.37 bits per heavy atom. The normalized spacial score (nSPS) is 19.4. The summed E-state index contributed by atoms with van der Waals surface area (Å²) >= 11 is 2.99. The van der Waals surface area contributed by atoms with Crippen LogP contribution in [0.4, 0.5) is 0 Å². The third-order valence-corrected chi connectivity index (χ3v) is 4.91. The number of piperazine rings is 1. The molecule has 0 radical (unpaired) electrons. The van der Waals surface area contributed by atoms with Crippen LogP contribution < -0.4 is 5.32 Å². The zero-order valence-corrected chi connectivity index (χ0v) is 12.1. The van der Waals surface area contributed by atoms with E-state index in [9.17, 15) is 14.4 Å². The number of amides is 3. The maximum Gasteiger partial charge on any atom is 0.249 e. The van der Waals surface area contributed by atoms with E-state index in [1.807, 2.05) is 24.4 Å². The second-order valence-electron chi connectivity index (χ2n) is 4.08. The van der Waals surface area contributed by atoms with E-state index in [0.29, 0.717) is 6.42 Å². The van der Waals surface area contributed by atoms with E-state index in [-0.39, 0.29) is 24.1 Å². The van der Waals surface area contributed by atoms with Crippen LogP contribution in [0.15, 0.2) is 21.7 Å². The van der Waals surface area contributed by atoms with Gasteiger partial charge < -0.3 is 4.90 Å². The summed E-state index contributed by atoms with van der Waals surface area (Å²) in [4.78, 5) is 36.5. The van der Waals surface area contributed by atoms with Crippen molar-refractivity contribution in [1.29, 1.82) is 0 Å². The largest absolute Gasteiger partial charge is 0.321 e.